The maximum Gasteiger partial charge on any atom is 0.409 e. The van der Waals surface area contributed by atoms with Gasteiger partial charge in [-0.15, -0.1) is 0 Å². The maximum atomic E-state index is 11.6. The molecule has 1 aliphatic rings. The van der Waals surface area contributed by atoms with Gasteiger partial charge in [-0.1, -0.05) is 17.7 Å². The summed E-state index contributed by atoms with van der Waals surface area (Å²) in [5, 5.41) is 11.3. The Kier molecular flexibility index (Phi) is 4.85. The number of amides is 1. The zero-order chi connectivity index (χ0) is 15.4. The predicted molar refractivity (Wildman–Crippen MR) is 78.9 cm³/mol. The van der Waals surface area contributed by atoms with Crippen molar-refractivity contribution in [3.05, 3.63) is 33.3 Å². The van der Waals surface area contributed by atoms with Crippen LogP contribution < -0.4 is 4.90 Å². The molecule has 1 amide bonds. The van der Waals surface area contributed by atoms with E-state index in [4.69, 9.17) is 16.3 Å². The number of halogens is 1. The van der Waals surface area contributed by atoms with Crippen LogP contribution in [0.4, 0.5) is 16.2 Å². The molecule has 21 heavy (non-hydrogen) atoms. The first-order chi connectivity index (χ1) is 10.0. The third kappa shape index (κ3) is 3.36. The zero-order valence-corrected chi connectivity index (χ0v) is 12.4. The average Bonchev–Trinajstić information content (AvgIpc) is 2.47. The molecule has 8 heteroatoms. The quantitative estimate of drug-likeness (QED) is 0.633. The summed E-state index contributed by atoms with van der Waals surface area (Å²) in [4.78, 5) is 25.8. The van der Waals surface area contributed by atoms with Gasteiger partial charge in [-0.25, -0.2) is 4.79 Å². The molecular weight excluding hydrogens is 298 g/mol. The Morgan fingerprint density at radius 1 is 1.38 bits per heavy atom. The number of rotatable bonds is 3. The maximum absolute atomic E-state index is 11.6. The van der Waals surface area contributed by atoms with E-state index in [1.165, 1.54) is 6.07 Å². The molecule has 0 radical (unpaired) electrons. The molecule has 1 aromatic rings. The summed E-state index contributed by atoms with van der Waals surface area (Å²) in [5.74, 6) is 0. The molecule has 0 saturated carbocycles. The van der Waals surface area contributed by atoms with Crippen LogP contribution in [0.3, 0.4) is 0 Å². The number of ether oxygens (including phenoxy) is 1. The van der Waals surface area contributed by atoms with Gasteiger partial charge in [0.05, 0.1) is 11.5 Å². The molecule has 0 unspecified atom stereocenters. The van der Waals surface area contributed by atoms with Gasteiger partial charge in [0.1, 0.15) is 10.7 Å². The van der Waals surface area contributed by atoms with Gasteiger partial charge < -0.3 is 14.5 Å². The Balaban J connectivity index is 2.11. The number of hydrogen-bond acceptors (Lipinski definition) is 5. The summed E-state index contributed by atoms with van der Waals surface area (Å²) in [6.07, 6.45) is -0.349. The van der Waals surface area contributed by atoms with Crippen LogP contribution in [0.15, 0.2) is 18.2 Å². The molecule has 1 aromatic carbocycles. The van der Waals surface area contributed by atoms with Crippen molar-refractivity contribution in [3.8, 4) is 0 Å². The number of anilines is 1. The Morgan fingerprint density at radius 2 is 2.05 bits per heavy atom. The van der Waals surface area contributed by atoms with Crippen LogP contribution in [0.2, 0.25) is 5.02 Å². The van der Waals surface area contributed by atoms with Gasteiger partial charge in [0.25, 0.3) is 0 Å². The zero-order valence-electron chi connectivity index (χ0n) is 11.6. The molecule has 0 bridgehead atoms. The highest BCUT2D eigenvalue weighted by Crippen LogP contribution is 2.35. The Morgan fingerprint density at radius 3 is 2.62 bits per heavy atom. The minimum atomic E-state index is -0.477. The van der Waals surface area contributed by atoms with E-state index in [1.807, 2.05) is 4.90 Å². The number of carbonyl (C=O) groups excluding carboxylic acids is 1. The third-order valence-corrected chi connectivity index (χ3v) is 3.60. The first kappa shape index (κ1) is 15.4. The summed E-state index contributed by atoms with van der Waals surface area (Å²) >= 11 is 5.91. The highest BCUT2D eigenvalue weighted by molar-refractivity contribution is 6.33. The lowest BCUT2D eigenvalue weighted by Gasteiger charge is -2.35. The SMILES string of the molecule is CCOC(=O)N1CCN(c2cccc(Cl)c2[N+](=O)[O-])CC1. The molecular formula is C13H16ClN3O4. The van der Waals surface area contributed by atoms with Gasteiger partial charge >= 0.3 is 11.8 Å². The molecule has 0 aromatic heterocycles. The van der Waals surface area contributed by atoms with Gasteiger partial charge in [0.2, 0.25) is 0 Å². The van der Waals surface area contributed by atoms with E-state index >= 15 is 0 Å². The van der Waals surface area contributed by atoms with Crippen LogP contribution >= 0.6 is 11.6 Å². The summed E-state index contributed by atoms with van der Waals surface area (Å²) < 4.78 is 4.94. The number of carbonyl (C=O) groups is 1. The normalized spacial score (nSPS) is 15.0. The lowest BCUT2D eigenvalue weighted by Crippen LogP contribution is -2.49. The van der Waals surface area contributed by atoms with Crippen molar-refractivity contribution in [2.24, 2.45) is 0 Å². The summed E-state index contributed by atoms with van der Waals surface area (Å²) in [7, 11) is 0. The Hall–Kier alpha value is -2.02. The second-order valence-electron chi connectivity index (χ2n) is 4.54. The molecule has 2 rings (SSSR count). The predicted octanol–water partition coefficient (Wildman–Crippen LogP) is 2.53. The highest BCUT2D eigenvalue weighted by Gasteiger charge is 2.27. The monoisotopic (exact) mass is 313 g/mol. The summed E-state index contributed by atoms with van der Waals surface area (Å²) in [6.45, 7) is 4.01. The molecule has 1 fully saturated rings. The minimum absolute atomic E-state index is 0.0937. The van der Waals surface area contributed by atoms with E-state index in [0.717, 1.165) is 0 Å². The van der Waals surface area contributed by atoms with Crippen molar-refractivity contribution in [2.75, 3.05) is 37.7 Å². The van der Waals surface area contributed by atoms with Gasteiger partial charge in [-0.05, 0) is 19.1 Å². The van der Waals surface area contributed by atoms with Crippen molar-refractivity contribution in [3.63, 3.8) is 0 Å². The average molecular weight is 314 g/mol. The van der Waals surface area contributed by atoms with E-state index < -0.39 is 4.92 Å². The van der Waals surface area contributed by atoms with Crippen molar-refractivity contribution < 1.29 is 14.5 Å². The molecule has 0 N–H and O–H groups in total. The molecule has 1 aliphatic heterocycles. The van der Waals surface area contributed by atoms with Gasteiger partial charge in [0.15, 0.2) is 0 Å². The van der Waals surface area contributed by atoms with Gasteiger partial charge in [-0.3, -0.25) is 10.1 Å². The van der Waals surface area contributed by atoms with E-state index in [2.05, 4.69) is 0 Å². The molecule has 1 heterocycles. The van der Waals surface area contributed by atoms with E-state index in [0.29, 0.717) is 38.5 Å². The number of nitrogens with zero attached hydrogens (tertiary/aromatic N) is 3. The number of hydrogen-bond donors (Lipinski definition) is 0. The van der Waals surface area contributed by atoms with Crippen LogP contribution in [0.25, 0.3) is 0 Å². The third-order valence-electron chi connectivity index (χ3n) is 3.29. The number of piperazine rings is 1. The highest BCUT2D eigenvalue weighted by atomic mass is 35.5. The smallest absolute Gasteiger partial charge is 0.409 e. The largest absolute Gasteiger partial charge is 0.450 e. The van der Waals surface area contributed by atoms with Crippen molar-refractivity contribution in [1.29, 1.82) is 0 Å². The first-order valence-corrected chi connectivity index (χ1v) is 7.02. The van der Waals surface area contributed by atoms with Crippen LogP contribution in [0, 0.1) is 10.1 Å². The molecule has 1 saturated heterocycles. The van der Waals surface area contributed by atoms with Crippen LogP contribution in [-0.2, 0) is 4.74 Å². The number of para-hydroxylation sites is 1. The second-order valence-corrected chi connectivity index (χ2v) is 4.94. The van der Waals surface area contributed by atoms with Crippen molar-refractivity contribution >= 4 is 29.1 Å². The van der Waals surface area contributed by atoms with Crippen molar-refractivity contribution in [1.82, 2.24) is 4.90 Å². The van der Waals surface area contributed by atoms with Gasteiger partial charge in [-0.2, -0.15) is 0 Å². The fourth-order valence-corrected chi connectivity index (χ4v) is 2.52. The van der Waals surface area contributed by atoms with Gasteiger partial charge in [0, 0.05) is 26.2 Å². The first-order valence-electron chi connectivity index (χ1n) is 6.64. The van der Waals surface area contributed by atoms with Crippen LogP contribution in [0.1, 0.15) is 6.92 Å². The number of benzene rings is 1. The van der Waals surface area contributed by atoms with Crippen LogP contribution in [-0.4, -0.2) is 48.7 Å². The summed E-state index contributed by atoms with van der Waals surface area (Å²) in [6, 6.07) is 4.85. The summed E-state index contributed by atoms with van der Waals surface area (Å²) in [5.41, 5.74) is 0.389. The molecule has 0 aliphatic carbocycles. The van der Waals surface area contributed by atoms with Crippen LogP contribution in [0.5, 0.6) is 0 Å². The van der Waals surface area contributed by atoms with Crippen molar-refractivity contribution in [2.45, 2.75) is 6.92 Å². The topological polar surface area (TPSA) is 75.9 Å². The molecule has 114 valence electrons. The standard InChI is InChI=1S/C13H16ClN3O4/c1-2-21-13(18)16-8-6-15(7-9-16)11-5-3-4-10(14)12(11)17(19)20/h3-5H,2,6-9H2,1H3. The fourth-order valence-electron chi connectivity index (χ4n) is 2.28. The fraction of sp³-hybridized carbons (Fsp3) is 0.462. The molecule has 0 spiro atoms. The number of nitro groups is 1. The second kappa shape index (κ2) is 6.62. The molecule has 0 atom stereocenters. The van der Waals surface area contributed by atoms with E-state index in [1.54, 1.807) is 24.0 Å². The Bertz CT molecular complexity index is 544. The number of nitro benzene ring substituents is 1. The minimum Gasteiger partial charge on any atom is -0.450 e. The Labute approximate surface area is 127 Å². The lowest BCUT2D eigenvalue weighted by atomic mass is 10.2. The van der Waals surface area contributed by atoms with E-state index in [9.17, 15) is 14.9 Å². The van der Waals surface area contributed by atoms with E-state index in [-0.39, 0.29) is 16.8 Å². The lowest BCUT2D eigenvalue weighted by molar-refractivity contribution is -0.384. The molecule has 7 nitrogen and oxygen atoms in total.